The van der Waals surface area contributed by atoms with Crippen molar-refractivity contribution in [2.24, 2.45) is 0 Å². The summed E-state index contributed by atoms with van der Waals surface area (Å²) < 4.78 is 7.01. The van der Waals surface area contributed by atoms with Gasteiger partial charge in [0.1, 0.15) is 0 Å². The molecule has 70 valence electrons. The minimum atomic E-state index is -0.361. The molecule has 0 amide bonds. The monoisotopic (exact) mass is 370 g/mol. The van der Waals surface area contributed by atoms with E-state index in [2.05, 4.69) is 52.5 Å². The third-order valence-corrected chi connectivity index (χ3v) is 3.92. The van der Waals surface area contributed by atoms with Crippen molar-refractivity contribution in [3.05, 3.63) is 31.1 Å². The van der Waals surface area contributed by atoms with Gasteiger partial charge in [0.25, 0.3) is 0 Å². The highest BCUT2D eigenvalue weighted by Crippen LogP contribution is 2.30. The second kappa shape index (κ2) is 4.57. The van der Waals surface area contributed by atoms with Crippen LogP contribution in [0.15, 0.2) is 25.6 Å². The second-order valence-electron chi connectivity index (χ2n) is 2.24. The fourth-order valence-electron chi connectivity index (χ4n) is 0.789. The predicted molar refractivity (Wildman–Crippen MR) is 60.9 cm³/mol. The predicted octanol–water partition coefficient (Wildman–Crippen LogP) is 3.76. The van der Waals surface area contributed by atoms with E-state index in [1.807, 2.05) is 0 Å². The zero-order valence-corrected chi connectivity index (χ0v) is 11.4. The lowest BCUT2D eigenvalue weighted by molar-refractivity contribution is 0.0599. The van der Waals surface area contributed by atoms with Gasteiger partial charge in [-0.05, 0) is 59.9 Å². The normalized spacial score (nSPS) is 9.85. The van der Waals surface area contributed by atoms with Crippen LogP contribution in [0.25, 0.3) is 0 Å². The fraction of sp³-hybridized carbons (Fsp3) is 0.125. The van der Waals surface area contributed by atoms with Gasteiger partial charge in [-0.25, -0.2) is 4.79 Å². The molecule has 5 heteroatoms. The summed E-state index contributed by atoms with van der Waals surface area (Å²) in [7, 11) is 1.35. The third kappa shape index (κ3) is 2.54. The van der Waals surface area contributed by atoms with Gasteiger partial charge in [-0.2, -0.15) is 0 Å². The lowest BCUT2D eigenvalue weighted by atomic mass is 10.2. The zero-order valence-electron chi connectivity index (χ0n) is 6.61. The first kappa shape index (κ1) is 11.2. The van der Waals surface area contributed by atoms with Crippen LogP contribution in [0.1, 0.15) is 10.4 Å². The minimum Gasteiger partial charge on any atom is -0.465 e. The van der Waals surface area contributed by atoms with E-state index in [4.69, 9.17) is 0 Å². The molecule has 1 aromatic rings. The van der Waals surface area contributed by atoms with E-state index in [9.17, 15) is 4.79 Å². The van der Waals surface area contributed by atoms with Crippen molar-refractivity contribution in [2.75, 3.05) is 7.11 Å². The maximum Gasteiger partial charge on any atom is 0.339 e. The number of hydrogen-bond acceptors (Lipinski definition) is 2. The third-order valence-electron chi connectivity index (χ3n) is 1.42. The molecule has 0 saturated carbocycles. The van der Waals surface area contributed by atoms with Crippen LogP contribution in [0.4, 0.5) is 0 Å². The molecule has 0 radical (unpaired) electrons. The molecule has 0 fully saturated rings. The van der Waals surface area contributed by atoms with Crippen LogP contribution < -0.4 is 0 Å². The molecule has 0 aliphatic heterocycles. The van der Waals surface area contributed by atoms with E-state index in [1.165, 1.54) is 7.11 Å². The number of benzene rings is 1. The highest BCUT2D eigenvalue weighted by atomic mass is 79.9. The Balaban J connectivity index is 3.23. The van der Waals surface area contributed by atoms with E-state index in [0.29, 0.717) is 10.0 Å². The Kier molecular flexibility index (Phi) is 3.94. The van der Waals surface area contributed by atoms with Gasteiger partial charge in [-0.1, -0.05) is 0 Å². The summed E-state index contributed by atoms with van der Waals surface area (Å²) in [6, 6.07) is 3.48. The van der Waals surface area contributed by atoms with Crippen LogP contribution in [0.3, 0.4) is 0 Å². The van der Waals surface area contributed by atoms with Gasteiger partial charge in [0.05, 0.1) is 12.7 Å². The first-order valence-electron chi connectivity index (χ1n) is 3.29. The average Bonchev–Trinajstić information content (AvgIpc) is 2.10. The fourth-order valence-corrected chi connectivity index (χ4v) is 2.29. The lowest BCUT2D eigenvalue weighted by Gasteiger charge is -2.04. The van der Waals surface area contributed by atoms with Crippen molar-refractivity contribution < 1.29 is 9.53 Å². The number of hydrogen-bond donors (Lipinski definition) is 0. The maximum absolute atomic E-state index is 11.2. The summed E-state index contributed by atoms with van der Waals surface area (Å²) in [6.45, 7) is 0. The van der Waals surface area contributed by atoms with Crippen LogP contribution in [-0.4, -0.2) is 13.1 Å². The number of rotatable bonds is 1. The Hall–Kier alpha value is 0.130. The van der Waals surface area contributed by atoms with E-state index < -0.39 is 0 Å². The quantitative estimate of drug-likeness (QED) is 0.554. The summed E-state index contributed by atoms with van der Waals surface area (Å²) >= 11 is 9.90. The lowest BCUT2D eigenvalue weighted by Crippen LogP contribution is -2.02. The molecule has 0 heterocycles. The maximum atomic E-state index is 11.2. The Labute approximate surface area is 101 Å². The molecule has 0 saturated heterocycles. The first-order chi connectivity index (χ1) is 6.06. The van der Waals surface area contributed by atoms with E-state index >= 15 is 0 Å². The van der Waals surface area contributed by atoms with Gasteiger partial charge in [0.15, 0.2) is 0 Å². The Bertz CT molecular complexity index is 349. The van der Waals surface area contributed by atoms with Gasteiger partial charge >= 0.3 is 5.97 Å². The minimum absolute atomic E-state index is 0.361. The van der Waals surface area contributed by atoms with Crippen molar-refractivity contribution in [2.45, 2.75) is 0 Å². The van der Waals surface area contributed by atoms with E-state index in [1.54, 1.807) is 12.1 Å². The Morgan fingerprint density at radius 1 is 1.15 bits per heavy atom. The van der Waals surface area contributed by atoms with Crippen LogP contribution >= 0.6 is 47.8 Å². The molecule has 0 unspecified atom stereocenters. The highest BCUT2D eigenvalue weighted by molar-refractivity contribution is 9.13. The molecule has 0 spiro atoms. The standard InChI is InChI=1S/C8H5Br3O2/c1-13-8(12)4-2-6(10)7(11)3-5(4)9/h2-3H,1H3. The molecule has 0 N–H and O–H groups in total. The summed E-state index contributed by atoms with van der Waals surface area (Å²) in [4.78, 5) is 11.2. The van der Waals surface area contributed by atoms with Gasteiger partial charge in [0.2, 0.25) is 0 Å². The molecule has 1 rings (SSSR count). The van der Waals surface area contributed by atoms with E-state index in [0.717, 1.165) is 8.95 Å². The topological polar surface area (TPSA) is 26.3 Å². The first-order valence-corrected chi connectivity index (χ1v) is 5.67. The van der Waals surface area contributed by atoms with Crippen molar-refractivity contribution >= 4 is 53.8 Å². The number of halogens is 3. The number of carbonyl (C=O) groups excluding carboxylic acids is 1. The molecule has 0 aliphatic carbocycles. The van der Waals surface area contributed by atoms with Gasteiger partial charge in [-0.15, -0.1) is 0 Å². The molecular weight excluding hydrogens is 368 g/mol. The SMILES string of the molecule is COC(=O)c1cc(Br)c(Br)cc1Br. The molecule has 1 aromatic carbocycles. The summed E-state index contributed by atoms with van der Waals surface area (Å²) in [5.41, 5.74) is 0.498. The molecule has 0 aromatic heterocycles. The van der Waals surface area contributed by atoms with E-state index in [-0.39, 0.29) is 5.97 Å². The van der Waals surface area contributed by atoms with Gasteiger partial charge < -0.3 is 4.74 Å². The van der Waals surface area contributed by atoms with Crippen LogP contribution in [0.2, 0.25) is 0 Å². The summed E-state index contributed by atoms with van der Waals surface area (Å²) in [6.07, 6.45) is 0. The van der Waals surface area contributed by atoms with Crippen molar-refractivity contribution in [3.63, 3.8) is 0 Å². The zero-order chi connectivity index (χ0) is 10.0. The summed E-state index contributed by atoms with van der Waals surface area (Å²) in [5, 5.41) is 0. The number of esters is 1. The Morgan fingerprint density at radius 3 is 2.23 bits per heavy atom. The second-order valence-corrected chi connectivity index (χ2v) is 4.80. The number of methoxy groups -OCH3 is 1. The van der Waals surface area contributed by atoms with Crippen molar-refractivity contribution in [3.8, 4) is 0 Å². The number of carbonyl (C=O) groups is 1. The van der Waals surface area contributed by atoms with Crippen molar-refractivity contribution in [1.82, 2.24) is 0 Å². The molecule has 2 nitrogen and oxygen atoms in total. The van der Waals surface area contributed by atoms with Gasteiger partial charge in [0, 0.05) is 13.4 Å². The molecule has 0 aliphatic rings. The molecule has 0 atom stereocenters. The Morgan fingerprint density at radius 2 is 1.69 bits per heavy atom. The van der Waals surface area contributed by atoms with Crippen LogP contribution in [0.5, 0.6) is 0 Å². The molecule has 0 bridgehead atoms. The highest BCUT2D eigenvalue weighted by Gasteiger charge is 2.12. The van der Waals surface area contributed by atoms with Crippen LogP contribution in [-0.2, 0) is 4.74 Å². The van der Waals surface area contributed by atoms with Gasteiger partial charge in [-0.3, -0.25) is 0 Å². The molecular formula is C8H5Br3O2. The van der Waals surface area contributed by atoms with Crippen molar-refractivity contribution in [1.29, 1.82) is 0 Å². The largest absolute Gasteiger partial charge is 0.465 e. The molecule has 13 heavy (non-hydrogen) atoms. The number of ether oxygens (including phenoxy) is 1. The smallest absolute Gasteiger partial charge is 0.339 e. The average molecular weight is 373 g/mol. The summed E-state index contributed by atoms with van der Waals surface area (Å²) in [5.74, 6) is -0.361. The van der Waals surface area contributed by atoms with Crippen LogP contribution in [0, 0.1) is 0 Å².